The zero-order valence-electron chi connectivity index (χ0n) is 27.8. The van der Waals surface area contributed by atoms with Gasteiger partial charge in [-0.3, -0.25) is 14.5 Å². The van der Waals surface area contributed by atoms with E-state index in [-0.39, 0.29) is 32.2 Å². The highest BCUT2D eigenvalue weighted by atomic mass is 32.2. The lowest BCUT2D eigenvalue weighted by atomic mass is 9.98. The van der Waals surface area contributed by atoms with E-state index in [0.29, 0.717) is 22.9 Å². The predicted octanol–water partition coefficient (Wildman–Crippen LogP) is 1.89. The van der Waals surface area contributed by atoms with E-state index >= 15 is 0 Å². The Kier molecular flexibility index (Phi) is 12.5. The van der Waals surface area contributed by atoms with Crippen LogP contribution in [0.15, 0.2) is 53.4 Å². The molecule has 0 aliphatic carbocycles. The highest BCUT2D eigenvalue weighted by molar-refractivity contribution is 7.92. The monoisotopic (exact) mass is 692 g/mol. The summed E-state index contributed by atoms with van der Waals surface area (Å²) >= 11 is 0. The number of sulfone groups is 1. The van der Waals surface area contributed by atoms with Gasteiger partial charge >= 0.3 is 0 Å². The maximum Gasteiger partial charge on any atom is 0.244 e. The van der Waals surface area contributed by atoms with Gasteiger partial charge in [0.25, 0.3) is 0 Å². The van der Waals surface area contributed by atoms with E-state index in [1.54, 1.807) is 22.5 Å². The van der Waals surface area contributed by atoms with Gasteiger partial charge in [0.05, 0.1) is 28.3 Å². The molecule has 0 aromatic heterocycles. The van der Waals surface area contributed by atoms with Crippen molar-refractivity contribution in [1.82, 2.24) is 19.8 Å². The van der Waals surface area contributed by atoms with Crippen molar-refractivity contribution >= 4 is 32.6 Å². The molecule has 0 bridgehead atoms. The van der Waals surface area contributed by atoms with E-state index < -0.39 is 55.6 Å². The highest BCUT2D eigenvalue weighted by Crippen LogP contribution is 2.34. The molecular weight excluding hydrogens is 645 g/mol. The largest absolute Gasteiger partial charge is 0.454 e. The second kappa shape index (κ2) is 15.9. The minimum Gasteiger partial charge on any atom is -0.454 e. The van der Waals surface area contributed by atoms with Crippen molar-refractivity contribution in [2.45, 2.75) is 74.8 Å². The first-order valence-electron chi connectivity index (χ1n) is 16.0. The summed E-state index contributed by atoms with van der Waals surface area (Å²) in [5, 5.41) is 17.3. The number of fused-ring (bicyclic) bond motifs is 1. The molecule has 2 aromatic rings. The van der Waals surface area contributed by atoms with Gasteiger partial charge in [-0.2, -0.15) is 0 Å². The molecule has 12 nitrogen and oxygen atoms in total. The lowest BCUT2D eigenvalue weighted by molar-refractivity contribution is -0.131. The van der Waals surface area contributed by atoms with Crippen LogP contribution in [0, 0.1) is 5.92 Å². The Balaban J connectivity index is 1.59. The number of likely N-dealkylation sites (tertiary alicyclic amines) is 1. The SMILES string of the molecule is CC(C)CN(C[C@@H](O)[C@H](Cc1ccccc1)NC(=O)[C@@H](NC(=O)CN1CCCC1)C(C)(C)S(C)(=O)=O)S(=O)c1ccc2c(c1)OCO2. The molecule has 0 saturated carbocycles. The number of hydrogen-bond acceptors (Lipinski definition) is 9. The molecule has 1 unspecified atom stereocenters. The number of aliphatic hydroxyl groups excluding tert-OH is 1. The third kappa shape index (κ3) is 9.75. The summed E-state index contributed by atoms with van der Waals surface area (Å²) in [4.78, 5) is 29.6. The molecule has 2 amide bonds. The molecule has 2 aliphatic rings. The Bertz CT molecular complexity index is 1510. The van der Waals surface area contributed by atoms with Crippen LogP contribution in [0.4, 0.5) is 0 Å². The van der Waals surface area contributed by atoms with E-state index in [9.17, 15) is 27.3 Å². The molecular formula is C33H48N4O8S2. The van der Waals surface area contributed by atoms with Gasteiger partial charge in [0, 0.05) is 25.4 Å². The van der Waals surface area contributed by atoms with Crippen LogP contribution >= 0.6 is 0 Å². The fourth-order valence-corrected chi connectivity index (χ4v) is 7.63. The summed E-state index contributed by atoms with van der Waals surface area (Å²) < 4.78 is 50.5. The van der Waals surface area contributed by atoms with Crippen LogP contribution in [0.25, 0.3) is 0 Å². The summed E-state index contributed by atoms with van der Waals surface area (Å²) in [5.74, 6) is -0.0471. The average Bonchev–Trinajstić information content (AvgIpc) is 3.70. The highest BCUT2D eigenvalue weighted by Gasteiger charge is 2.45. The number of nitrogens with zero attached hydrogens (tertiary/aromatic N) is 2. The third-order valence-electron chi connectivity index (χ3n) is 8.61. The van der Waals surface area contributed by atoms with Crippen molar-refractivity contribution in [1.29, 1.82) is 0 Å². The number of hydrogen-bond donors (Lipinski definition) is 3. The van der Waals surface area contributed by atoms with Crippen LogP contribution in [-0.2, 0) is 36.8 Å². The van der Waals surface area contributed by atoms with Crippen LogP contribution in [-0.4, -0.2) is 107 Å². The second-order valence-electron chi connectivity index (χ2n) is 13.2. The number of benzene rings is 2. The number of nitrogens with one attached hydrogen (secondary N) is 2. The molecule has 0 radical (unpaired) electrons. The predicted molar refractivity (Wildman–Crippen MR) is 180 cm³/mol. The van der Waals surface area contributed by atoms with E-state index in [1.165, 1.54) is 13.8 Å². The van der Waals surface area contributed by atoms with Crippen LogP contribution < -0.4 is 20.1 Å². The molecule has 14 heteroatoms. The summed E-state index contributed by atoms with van der Waals surface area (Å²) in [7, 11) is -5.52. The number of carbonyl (C=O) groups is 2. The maximum atomic E-state index is 14.0. The summed E-state index contributed by atoms with van der Waals surface area (Å²) in [6.45, 7) is 8.71. The van der Waals surface area contributed by atoms with Crippen molar-refractivity contribution in [3.8, 4) is 11.5 Å². The zero-order chi connectivity index (χ0) is 34.4. The van der Waals surface area contributed by atoms with Crippen molar-refractivity contribution in [2.75, 3.05) is 45.8 Å². The van der Waals surface area contributed by atoms with Gasteiger partial charge in [-0.1, -0.05) is 44.2 Å². The number of rotatable bonds is 16. The lowest BCUT2D eigenvalue weighted by Crippen LogP contribution is -2.63. The summed E-state index contributed by atoms with van der Waals surface area (Å²) in [5.41, 5.74) is 0.821. The van der Waals surface area contributed by atoms with Crippen LogP contribution in [0.3, 0.4) is 0 Å². The van der Waals surface area contributed by atoms with Gasteiger partial charge in [0.15, 0.2) is 21.3 Å². The summed E-state index contributed by atoms with van der Waals surface area (Å²) in [6, 6.07) is 11.9. The van der Waals surface area contributed by atoms with Gasteiger partial charge in [-0.15, -0.1) is 0 Å². The number of carbonyl (C=O) groups excluding carboxylic acids is 2. The molecule has 2 aliphatic heterocycles. The van der Waals surface area contributed by atoms with Crippen molar-refractivity contribution in [3.63, 3.8) is 0 Å². The third-order valence-corrected chi connectivity index (χ3v) is 12.2. The Hall–Kier alpha value is -3.04. The maximum absolute atomic E-state index is 14.0. The quantitative estimate of drug-likeness (QED) is 0.239. The van der Waals surface area contributed by atoms with Crippen LogP contribution in [0.2, 0.25) is 0 Å². The Morgan fingerprint density at radius 2 is 1.68 bits per heavy atom. The number of aliphatic hydroxyl groups is 1. The first-order chi connectivity index (χ1) is 22.2. The van der Waals surface area contributed by atoms with Gasteiger partial charge in [0.1, 0.15) is 17.0 Å². The topological polar surface area (TPSA) is 155 Å². The minimum atomic E-state index is -3.83. The Labute approximate surface area is 280 Å². The van der Waals surface area contributed by atoms with Crippen LogP contribution in [0.1, 0.15) is 46.1 Å². The normalized spacial score (nSPS) is 17.8. The standard InChI is InChI=1S/C33H48N4O8S2/c1-23(2)19-37(46(41)25-13-14-28-29(18-25)45-22-44-28)20-27(38)26(17-24-11-7-6-8-12-24)34-32(40)31(33(3,4)47(5,42)43)35-30(39)21-36-15-9-10-16-36/h6-8,11-14,18,23,26-27,31,38H,9-10,15-17,19-22H2,1-5H3,(H,34,40)(H,35,39)/t26-,27+,31+,46?/m0/s1. The second-order valence-corrected chi connectivity index (χ2v) is 17.3. The van der Waals surface area contributed by atoms with E-state index in [0.717, 1.165) is 37.8 Å². The van der Waals surface area contributed by atoms with Gasteiger partial charge in [-0.05, 0) is 69.8 Å². The molecule has 0 spiro atoms. The molecule has 1 fully saturated rings. The Morgan fingerprint density at radius 3 is 2.32 bits per heavy atom. The zero-order valence-corrected chi connectivity index (χ0v) is 29.4. The molecule has 260 valence electrons. The average molecular weight is 693 g/mol. The van der Waals surface area contributed by atoms with E-state index in [4.69, 9.17) is 9.47 Å². The molecule has 3 N–H and O–H groups in total. The van der Waals surface area contributed by atoms with Crippen molar-refractivity contribution in [3.05, 3.63) is 54.1 Å². The lowest BCUT2D eigenvalue weighted by Gasteiger charge is -2.35. The fourth-order valence-electron chi connectivity index (χ4n) is 5.62. The molecule has 4 rings (SSSR count). The van der Waals surface area contributed by atoms with Gasteiger partial charge < -0.3 is 25.2 Å². The van der Waals surface area contributed by atoms with E-state index in [2.05, 4.69) is 10.6 Å². The van der Waals surface area contributed by atoms with Crippen molar-refractivity contribution in [2.24, 2.45) is 5.92 Å². The van der Waals surface area contributed by atoms with Crippen molar-refractivity contribution < 1.29 is 36.8 Å². The Morgan fingerprint density at radius 1 is 1.02 bits per heavy atom. The number of amides is 2. The molecule has 2 heterocycles. The van der Waals surface area contributed by atoms with E-state index in [1.807, 2.05) is 49.1 Å². The smallest absolute Gasteiger partial charge is 0.244 e. The fraction of sp³-hybridized carbons (Fsp3) is 0.576. The minimum absolute atomic E-state index is 0.0511. The molecule has 2 aromatic carbocycles. The molecule has 4 atom stereocenters. The molecule has 47 heavy (non-hydrogen) atoms. The van der Waals surface area contributed by atoms with Crippen LogP contribution in [0.5, 0.6) is 11.5 Å². The first-order valence-corrected chi connectivity index (χ1v) is 19.0. The first kappa shape index (κ1) is 36.8. The molecule has 1 saturated heterocycles. The van der Waals surface area contributed by atoms with Gasteiger partial charge in [-0.25, -0.2) is 16.9 Å². The van der Waals surface area contributed by atoms with Gasteiger partial charge in [0.2, 0.25) is 18.6 Å². The summed E-state index contributed by atoms with van der Waals surface area (Å²) in [6.07, 6.45) is 1.95. The number of ether oxygens (including phenoxy) is 2.